The van der Waals surface area contributed by atoms with Crippen molar-refractivity contribution < 1.29 is 9.53 Å². The molecule has 0 spiro atoms. The van der Waals surface area contributed by atoms with E-state index in [9.17, 15) is 4.79 Å². The molecule has 1 aliphatic rings. The molecule has 1 rings (SSSR count). The number of esters is 1. The van der Waals surface area contributed by atoms with Crippen LogP contribution in [0.3, 0.4) is 0 Å². The van der Waals surface area contributed by atoms with E-state index in [1.165, 1.54) is 0 Å². The fourth-order valence-electron chi connectivity index (χ4n) is 1.65. The summed E-state index contributed by atoms with van der Waals surface area (Å²) in [4.78, 5) is 13.6. The van der Waals surface area contributed by atoms with Crippen molar-refractivity contribution in [3.63, 3.8) is 0 Å². The van der Waals surface area contributed by atoms with Gasteiger partial charge in [0.15, 0.2) is 0 Å². The molecule has 0 saturated carbocycles. The fraction of sp³-hybridized carbons (Fsp3) is 0.900. The van der Waals surface area contributed by atoms with E-state index in [-0.39, 0.29) is 11.9 Å². The van der Waals surface area contributed by atoms with Gasteiger partial charge in [0, 0.05) is 19.8 Å². The molecule has 1 saturated heterocycles. The minimum absolute atomic E-state index is 0.0187. The van der Waals surface area contributed by atoms with Crippen LogP contribution in [0.4, 0.5) is 0 Å². The maximum Gasteiger partial charge on any atom is 0.309 e. The quantitative estimate of drug-likeness (QED) is 0.669. The maximum atomic E-state index is 11.3. The van der Waals surface area contributed by atoms with Crippen LogP contribution in [0.2, 0.25) is 0 Å². The number of carbonyl (C=O) groups is 1. The van der Waals surface area contributed by atoms with E-state index in [1.807, 2.05) is 13.8 Å². The molecule has 1 heterocycles. The number of nitrogens with zero attached hydrogens (tertiary/aromatic N) is 1. The summed E-state index contributed by atoms with van der Waals surface area (Å²) in [5.74, 6) is -0.104. The number of hydrogen-bond acceptors (Lipinski definition) is 4. The van der Waals surface area contributed by atoms with E-state index in [0.29, 0.717) is 6.61 Å². The third-order valence-corrected chi connectivity index (χ3v) is 2.38. The lowest BCUT2D eigenvalue weighted by molar-refractivity contribution is -0.148. The summed E-state index contributed by atoms with van der Waals surface area (Å²) in [6.07, 6.45) is 1.16. The van der Waals surface area contributed by atoms with E-state index in [2.05, 4.69) is 10.2 Å². The zero-order valence-corrected chi connectivity index (χ0v) is 9.08. The highest BCUT2D eigenvalue weighted by molar-refractivity contribution is 5.72. The van der Waals surface area contributed by atoms with Gasteiger partial charge in [0.05, 0.1) is 12.5 Å². The van der Waals surface area contributed by atoms with Gasteiger partial charge in [0.25, 0.3) is 0 Å². The lowest BCUT2D eigenvalue weighted by Crippen LogP contribution is -2.44. The number of ether oxygens (including phenoxy) is 1. The van der Waals surface area contributed by atoms with Gasteiger partial charge in [0.1, 0.15) is 0 Å². The van der Waals surface area contributed by atoms with Crippen LogP contribution >= 0.6 is 0 Å². The van der Waals surface area contributed by atoms with Crippen LogP contribution in [0.15, 0.2) is 0 Å². The Labute approximate surface area is 85.6 Å². The van der Waals surface area contributed by atoms with E-state index < -0.39 is 0 Å². The summed E-state index contributed by atoms with van der Waals surface area (Å²) in [5, 5.41) is 3.28. The van der Waals surface area contributed by atoms with Crippen molar-refractivity contribution in [1.82, 2.24) is 10.2 Å². The molecule has 0 bridgehead atoms. The monoisotopic (exact) mass is 200 g/mol. The molecule has 4 nitrogen and oxygen atoms in total. The zero-order valence-electron chi connectivity index (χ0n) is 9.08. The van der Waals surface area contributed by atoms with Crippen molar-refractivity contribution in [3.8, 4) is 0 Å². The number of nitrogens with one attached hydrogen (secondary N) is 1. The summed E-state index contributed by atoms with van der Waals surface area (Å²) in [6, 6.07) is 0. The molecule has 4 heteroatoms. The molecule has 1 aliphatic heterocycles. The van der Waals surface area contributed by atoms with Gasteiger partial charge in [-0.25, -0.2) is 0 Å². The predicted molar refractivity (Wildman–Crippen MR) is 54.9 cm³/mol. The van der Waals surface area contributed by atoms with E-state index in [4.69, 9.17) is 4.74 Å². The highest BCUT2D eigenvalue weighted by Gasteiger charge is 2.18. The van der Waals surface area contributed by atoms with Crippen molar-refractivity contribution in [2.45, 2.75) is 20.3 Å². The van der Waals surface area contributed by atoms with Crippen molar-refractivity contribution >= 4 is 5.97 Å². The van der Waals surface area contributed by atoms with Crippen LogP contribution in [0.5, 0.6) is 0 Å². The van der Waals surface area contributed by atoms with Crippen LogP contribution in [-0.4, -0.2) is 43.8 Å². The molecule has 0 radical (unpaired) electrons. The third-order valence-electron chi connectivity index (χ3n) is 2.38. The molecule has 0 aliphatic carbocycles. The second-order valence-electron chi connectivity index (χ2n) is 3.74. The molecule has 0 aromatic rings. The lowest BCUT2D eigenvalue weighted by Gasteiger charge is -2.28. The lowest BCUT2D eigenvalue weighted by atomic mass is 10.1. The minimum Gasteiger partial charge on any atom is -0.466 e. The normalized spacial score (nSPS) is 20.4. The SMILES string of the molecule is CCOC(=O)C(C)CN1CCCNC1. The second kappa shape index (κ2) is 5.98. The molecule has 1 unspecified atom stereocenters. The molecule has 1 atom stereocenters. The Kier molecular flexibility index (Phi) is 4.90. The van der Waals surface area contributed by atoms with Crippen LogP contribution < -0.4 is 5.32 Å². The predicted octanol–water partition coefficient (Wildman–Crippen LogP) is 0.438. The minimum atomic E-state index is -0.0851. The smallest absolute Gasteiger partial charge is 0.309 e. The molecule has 0 aromatic heterocycles. The summed E-state index contributed by atoms with van der Waals surface area (Å²) in [6.45, 7) is 8.09. The van der Waals surface area contributed by atoms with Crippen LogP contribution in [-0.2, 0) is 9.53 Å². The highest BCUT2D eigenvalue weighted by Crippen LogP contribution is 2.04. The first kappa shape index (κ1) is 11.5. The van der Waals surface area contributed by atoms with Gasteiger partial charge in [-0.1, -0.05) is 6.92 Å². The number of hydrogen-bond donors (Lipinski definition) is 1. The van der Waals surface area contributed by atoms with Gasteiger partial charge in [-0.05, 0) is 19.9 Å². The zero-order chi connectivity index (χ0) is 10.4. The Hall–Kier alpha value is -0.610. The van der Waals surface area contributed by atoms with Gasteiger partial charge in [-0.15, -0.1) is 0 Å². The fourth-order valence-corrected chi connectivity index (χ4v) is 1.65. The van der Waals surface area contributed by atoms with Gasteiger partial charge in [-0.2, -0.15) is 0 Å². The summed E-state index contributed by atoms with van der Waals surface area (Å²) >= 11 is 0. The summed E-state index contributed by atoms with van der Waals surface area (Å²) in [7, 11) is 0. The molecule has 1 fully saturated rings. The average molecular weight is 200 g/mol. The number of carbonyl (C=O) groups excluding carboxylic acids is 1. The summed E-state index contributed by atoms with van der Waals surface area (Å²) in [5.41, 5.74) is 0. The van der Waals surface area contributed by atoms with Crippen molar-refractivity contribution in [1.29, 1.82) is 0 Å². The molecule has 82 valence electrons. The average Bonchev–Trinajstić information content (AvgIpc) is 2.19. The van der Waals surface area contributed by atoms with Crippen molar-refractivity contribution in [2.75, 3.05) is 32.9 Å². The topological polar surface area (TPSA) is 41.6 Å². The standard InChI is InChI=1S/C10H20N2O2/c1-3-14-10(13)9(2)7-12-6-4-5-11-8-12/h9,11H,3-8H2,1-2H3. The first-order valence-electron chi connectivity index (χ1n) is 5.33. The van der Waals surface area contributed by atoms with E-state index >= 15 is 0 Å². The molecular weight excluding hydrogens is 180 g/mol. The summed E-state index contributed by atoms with van der Waals surface area (Å²) < 4.78 is 4.96. The van der Waals surface area contributed by atoms with Gasteiger partial charge >= 0.3 is 5.97 Å². The maximum absolute atomic E-state index is 11.3. The Morgan fingerprint density at radius 2 is 2.43 bits per heavy atom. The molecular formula is C10H20N2O2. The van der Waals surface area contributed by atoms with E-state index in [0.717, 1.165) is 32.7 Å². The van der Waals surface area contributed by atoms with Crippen LogP contribution in [0, 0.1) is 5.92 Å². The Bertz CT molecular complexity index is 179. The first-order valence-corrected chi connectivity index (χ1v) is 5.33. The molecule has 0 amide bonds. The molecule has 0 aromatic carbocycles. The van der Waals surface area contributed by atoms with Crippen LogP contribution in [0.25, 0.3) is 0 Å². The Morgan fingerprint density at radius 1 is 1.64 bits per heavy atom. The van der Waals surface area contributed by atoms with Crippen molar-refractivity contribution in [3.05, 3.63) is 0 Å². The Morgan fingerprint density at radius 3 is 3.00 bits per heavy atom. The van der Waals surface area contributed by atoms with Crippen molar-refractivity contribution in [2.24, 2.45) is 5.92 Å². The largest absolute Gasteiger partial charge is 0.466 e. The highest BCUT2D eigenvalue weighted by atomic mass is 16.5. The first-order chi connectivity index (χ1) is 6.74. The van der Waals surface area contributed by atoms with Gasteiger partial charge in [0.2, 0.25) is 0 Å². The van der Waals surface area contributed by atoms with E-state index in [1.54, 1.807) is 0 Å². The molecule has 1 N–H and O–H groups in total. The van der Waals surface area contributed by atoms with Gasteiger partial charge < -0.3 is 10.1 Å². The number of rotatable bonds is 4. The molecule has 14 heavy (non-hydrogen) atoms. The Balaban J connectivity index is 2.24. The second-order valence-corrected chi connectivity index (χ2v) is 3.74. The van der Waals surface area contributed by atoms with Gasteiger partial charge in [-0.3, -0.25) is 9.69 Å². The van der Waals surface area contributed by atoms with Crippen LogP contribution in [0.1, 0.15) is 20.3 Å². The third kappa shape index (κ3) is 3.64.